The molecule has 1 saturated heterocycles. The smallest absolute Gasteiger partial charge is 0.0218 e. The molecular weight excluding hydrogens is 186 g/mol. The Hall–Kier alpha value is -0.120. The molecule has 2 fully saturated rings. The Bertz CT molecular complexity index is 213. The highest BCUT2D eigenvalue weighted by Gasteiger charge is 2.43. The van der Waals surface area contributed by atoms with Crippen molar-refractivity contribution >= 4 is 0 Å². The molecule has 3 nitrogen and oxygen atoms in total. The normalized spacial score (nSPS) is 31.8. The molecule has 1 unspecified atom stereocenters. The van der Waals surface area contributed by atoms with Crippen molar-refractivity contribution in [2.24, 2.45) is 11.1 Å². The van der Waals surface area contributed by atoms with Gasteiger partial charge in [-0.1, -0.05) is 6.92 Å². The lowest BCUT2D eigenvalue weighted by Gasteiger charge is -2.40. The standard InChI is InChI=1S/C12H25N3/c1-3-11-8-15(7-6-14(11)2)10-12(9-13)4-5-12/h11H,3-10,13H2,1-2H3. The molecule has 2 rings (SSSR count). The van der Waals surface area contributed by atoms with Crippen molar-refractivity contribution in [3.63, 3.8) is 0 Å². The zero-order chi connectivity index (χ0) is 10.9. The summed E-state index contributed by atoms with van der Waals surface area (Å²) in [4.78, 5) is 5.13. The van der Waals surface area contributed by atoms with Gasteiger partial charge in [0.25, 0.3) is 0 Å². The molecule has 2 aliphatic rings. The van der Waals surface area contributed by atoms with Gasteiger partial charge >= 0.3 is 0 Å². The minimum Gasteiger partial charge on any atom is -0.330 e. The molecule has 0 aromatic heterocycles. The summed E-state index contributed by atoms with van der Waals surface area (Å²) >= 11 is 0. The van der Waals surface area contributed by atoms with Gasteiger partial charge in [-0.2, -0.15) is 0 Å². The van der Waals surface area contributed by atoms with Crippen LogP contribution in [0.3, 0.4) is 0 Å². The van der Waals surface area contributed by atoms with Gasteiger partial charge in [0, 0.05) is 32.2 Å². The van der Waals surface area contributed by atoms with E-state index >= 15 is 0 Å². The zero-order valence-corrected chi connectivity index (χ0v) is 10.2. The first kappa shape index (κ1) is 11.4. The summed E-state index contributed by atoms with van der Waals surface area (Å²) in [5.41, 5.74) is 6.35. The lowest BCUT2D eigenvalue weighted by Crippen LogP contribution is -2.52. The van der Waals surface area contributed by atoms with Crippen molar-refractivity contribution in [1.29, 1.82) is 0 Å². The van der Waals surface area contributed by atoms with Crippen LogP contribution in [0, 0.1) is 5.41 Å². The lowest BCUT2D eigenvalue weighted by atomic mass is 10.0. The Labute approximate surface area is 93.6 Å². The Morgan fingerprint density at radius 2 is 2.07 bits per heavy atom. The molecule has 0 bridgehead atoms. The van der Waals surface area contributed by atoms with Crippen LogP contribution in [0.2, 0.25) is 0 Å². The molecule has 1 saturated carbocycles. The molecule has 3 heteroatoms. The second-order valence-electron chi connectivity index (χ2n) is 5.48. The average Bonchev–Trinajstić information content (AvgIpc) is 3.02. The molecule has 1 aliphatic heterocycles. The summed E-state index contributed by atoms with van der Waals surface area (Å²) in [6, 6.07) is 0.757. The van der Waals surface area contributed by atoms with Crippen molar-refractivity contribution in [2.45, 2.75) is 32.2 Å². The fraction of sp³-hybridized carbons (Fsp3) is 1.00. The first-order valence-electron chi connectivity index (χ1n) is 6.32. The van der Waals surface area contributed by atoms with E-state index < -0.39 is 0 Å². The number of nitrogens with zero attached hydrogens (tertiary/aromatic N) is 2. The highest BCUT2D eigenvalue weighted by atomic mass is 15.3. The van der Waals surface area contributed by atoms with Gasteiger partial charge in [-0.05, 0) is 38.3 Å². The largest absolute Gasteiger partial charge is 0.330 e. The van der Waals surface area contributed by atoms with Crippen LogP contribution in [0.4, 0.5) is 0 Å². The molecule has 1 atom stereocenters. The Balaban J connectivity index is 1.84. The third-order valence-electron chi connectivity index (χ3n) is 4.28. The van der Waals surface area contributed by atoms with Crippen LogP contribution >= 0.6 is 0 Å². The molecular formula is C12H25N3. The van der Waals surface area contributed by atoms with Gasteiger partial charge in [-0.25, -0.2) is 0 Å². The van der Waals surface area contributed by atoms with E-state index in [-0.39, 0.29) is 0 Å². The Morgan fingerprint density at radius 1 is 1.33 bits per heavy atom. The molecule has 0 amide bonds. The highest BCUT2D eigenvalue weighted by Crippen LogP contribution is 2.45. The molecule has 88 valence electrons. The van der Waals surface area contributed by atoms with E-state index in [2.05, 4.69) is 23.8 Å². The maximum atomic E-state index is 5.84. The van der Waals surface area contributed by atoms with Gasteiger partial charge in [-0.15, -0.1) is 0 Å². The van der Waals surface area contributed by atoms with Crippen molar-refractivity contribution < 1.29 is 0 Å². The highest BCUT2D eigenvalue weighted by molar-refractivity contribution is 4.97. The quantitative estimate of drug-likeness (QED) is 0.745. The number of piperazine rings is 1. The first-order valence-corrected chi connectivity index (χ1v) is 6.32. The van der Waals surface area contributed by atoms with Gasteiger partial charge in [0.15, 0.2) is 0 Å². The number of rotatable bonds is 4. The van der Waals surface area contributed by atoms with Gasteiger partial charge in [0.1, 0.15) is 0 Å². The zero-order valence-electron chi connectivity index (χ0n) is 10.2. The molecule has 0 radical (unpaired) electrons. The summed E-state index contributed by atoms with van der Waals surface area (Å²) in [6.45, 7) is 8.12. The Kier molecular flexibility index (Phi) is 3.33. The number of hydrogen-bond acceptors (Lipinski definition) is 3. The molecule has 0 spiro atoms. The molecule has 2 N–H and O–H groups in total. The maximum absolute atomic E-state index is 5.84. The van der Waals surface area contributed by atoms with Crippen molar-refractivity contribution in [3.8, 4) is 0 Å². The molecule has 0 aromatic rings. The van der Waals surface area contributed by atoms with E-state index in [1.165, 1.54) is 45.4 Å². The molecule has 0 aromatic carbocycles. The van der Waals surface area contributed by atoms with Gasteiger partial charge < -0.3 is 10.6 Å². The van der Waals surface area contributed by atoms with Crippen molar-refractivity contribution in [2.75, 3.05) is 39.8 Å². The van der Waals surface area contributed by atoms with Crippen LogP contribution in [0.5, 0.6) is 0 Å². The van der Waals surface area contributed by atoms with Crippen LogP contribution in [0.15, 0.2) is 0 Å². The van der Waals surface area contributed by atoms with E-state index in [9.17, 15) is 0 Å². The summed E-state index contributed by atoms with van der Waals surface area (Å²) in [5, 5.41) is 0. The first-order chi connectivity index (χ1) is 7.19. The van der Waals surface area contributed by atoms with E-state index in [1.54, 1.807) is 0 Å². The third kappa shape index (κ3) is 2.52. The van der Waals surface area contributed by atoms with Crippen LogP contribution in [0.1, 0.15) is 26.2 Å². The molecule has 1 heterocycles. The maximum Gasteiger partial charge on any atom is 0.0218 e. The average molecular weight is 211 g/mol. The van der Waals surface area contributed by atoms with Crippen LogP contribution in [-0.2, 0) is 0 Å². The second-order valence-corrected chi connectivity index (χ2v) is 5.48. The minimum absolute atomic E-state index is 0.508. The van der Waals surface area contributed by atoms with Crippen molar-refractivity contribution in [1.82, 2.24) is 9.80 Å². The van der Waals surface area contributed by atoms with Crippen molar-refractivity contribution in [3.05, 3.63) is 0 Å². The van der Waals surface area contributed by atoms with E-state index in [1.807, 2.05) is 0 Å². The van der Waals surface area contributed by atoms with Gasteiger partial charge in [-0.3, -0.25) is 4.90 Å². The van der Waals surface area contributed by atoms with Crippen LogP contribution in [-0.4, -0.2) is 55.6 Å². The van der Waals surface area contributed by atoms with E-state index in [0.717, 1.165) is 12.6 Å². The monoisotopic (exact) mass is 211 g/mol. The predicted octanol–water partition coefficient (Wildman–Crippen LogP) is 0.751. The summed E-state index contributed by atoms with van der Waals surface area (Å²) in [6.07, 6.45) is 3.97. The fourth-order valence-corrected chi connectivity index (χ4v) is 2.67. The predicted molar refractivity (Wildman–Crippen MR) is 63.9 cm³/mol. The van der Waals surface area contributed by atoms with E-state index in [0.29, 0.717) is 5.41 Å². The van der Waals surface area contributed by atoms with Gasteiger partial charge in [0.2, 0.25) is 0 Å². The SMILES string of the molecule is CCC1CN(CC2(CN)CC2)CCN1C. The molecule has 15 heavy (non-hydrogen) atoms. The van der Waals surface area contributed by atoms with E-state index in [4.69, 9.17) is 5.73 Å². The minimum atomic E-state index is 0.508. The summed E-state index contributed by atoms with van der Waals surface area (Å²) in [7, 11) is 2.25. The number of nitrogens with two attached hydrogens (primary N) is 1. The molecule has 1 aliphatic carbocycles. The topological polar surface area (TPSA) is 32.5 Å². The number of hydrogen-bond donors (Lipinski definition) is 1. The summed E-state index contributed by atoms with van der Waals surface area (Å²) < 4.78 is 0. The second kappa shape index (κ2) is 4.40. The number of likely N-dealkylation sites (N-methyl/N-ethyl adjacent to an activating group) is 1. The third-order valence-corrected chi connectivity index (χ3v) is 4.28. The Morgan fingerprint density at radius 3 is 2.60 bits per heavy atom. The van der Waals surface area contributed by atoms with Gasteiger partial charge in [0.05, 0.1) is 0 Å². The van der Waals surface area contributed by atoms with Crippen LogP contribution < -0.4 is 5.73 Å². The summed E-state index contributed by atoms with van der Waals surface area (Å²) in [5.74, 6) is 0. The fourth-order valence-electron chi connectivity index (χ4n) is 2.67. The van der Waals surface area contributed by atoms with Crippen LogP contribution in [0.25, 0.3) is 0 Å². The lowest BCUT2D eigenvalue weighted by molar-refractivity contribution is 0.0790.